The SMILES string of the molecule is Cl.O=C(c1cc([N+](=O)[O-])ccc1Sc1ccccc1)N1C[C@H]2CNC[C@H]2C1. The molecule has 2 fully saturated rings. The fourth-order valence-electron chi connectivity index (χ4n) is 3.69. The molecule has 142 valence electrons. The molecular formula is C19H20ClN3O3S. The highest BCUT2D eigenvalue weighted by molar-refractivity contribution is 7.99. The van der Waals surface area contributed by atoms with Crippen molar-refractivity contribution in [1.29, 1.82) is 0 Å². The van der Waals surface area contributed by atoms with E-state index in [2.05, 4.69) is 5.32 Å². The van der Waals surface area contributed by atoms with Crippen LogP contribution in [0.2, 0.25) is 0 Å². The van der Waals surface area contributed by atoms with Crippen molar-refractivity contribution in [1.82, 2.24) is 10.2 Å². The second-order valence-corrected chi connectivity index (χ2v) is 7.86. The summed E-state index contributed by atoms with van der Waals surface area (Å²) in [4.78, 5) is 27.5. The molecule has 0 bridgehead atoms. The molecule has 2 aromatic rings. The van der Waals surface area contributed by atoms with Crippen molar-refractivity contribution in [3.05, 3.63) is 64.2 Å². The lowest BCUT2D eigenvalue weighted by atomic mass is 10.0. The van der Waals surface area contributed by atoms with E-state index in [0.29, 0.717) is 30.5 Å². The van der Waals surface area contributed by atoms with Crippen LogP contribution in [0.1, 0.15) is 10.4 Å². The van der Waals surface area contributed by atoms with E-state index in [1.54, 1.807) is 6.07 Å². The number of amides is 1. The summed E-state index contributed by atoms with van der Waals surface area (Å²) >= 11 is 1.46. The number of likely N-dealkylation sites (tertiary alicyclic amines) is 1. The summed E-state index contributed by atoms with van der Waals surface area (Å²) in [5.74, 6) is 0.868. The van der Waals surface area contributed by atoms with Crippen molar-refractivity contribution in [3.63, 3.8) is 0 Å². The second kappa shape index (κ2) is 8.29. The first-order valence-electron chi connectivity index (χ1n) is 8.63. The first-order chi connectivity index (χ1) is 12.6. The number of nitro groups is 1. The van der Waals surface area contributed by atoms with Crippen molar-refractivity contribution in [2.24, 2.45) is 11.8 Å². The molecule has 2 saturated heterocycles. The molecule has 0 spiro atoms. The van der Waals surface area contributed by atoms with Gasteiger partial charge in [0.15, 0.2) is 0 Å². The quantitative estimate of drug-likeness (QED) is 0.622. The van der Waals surface area contributed by atoms with E-state index in [1.165, 1.54) is 23.9 Å². The Balaban J connectivity index is 0.00000210. The number of nitrogens with zero attached hydrogens (tertiary/aromatic N) is 2. The monoisotopic (exact) mass is 405 g/mol. The van der Waals surface area contributed by atoms with Gasteiger partial charge in [0.05, 0.1) is 10.5 Å². The number of hydrogen-bond acceptors (Lipinski definition) is 5. The zero-order valence-corrected chi connectivity index (χ0v) is 16.2. The Labute approximate surface area is 167 Å². The maximum atomic E-state index is 13.1. The van der Waals surface area contributed by atoms with E-state index in [-0.39, 0.29) is 24.0 Å². The van der Waals surface area contributed by atoms with Gasteiger partial charge in [-0.25, -0.2) is 0 Å². The van der Waals surface area contributed by atoms with Gasteiger partial charge in [-0.3, -0.25) is 14.9 Å². The third-order valence-electron chi connectivity index (χ3n) is 5.05. The molecular weight excluding hydrogens is 386 g/mol. The number of fused-ring (bicyclic) bond motifs is 1. The molecule has 2 aromatic carbocycles. The molecule has 2 aliphatic rings. The van der Waals surface area contributed by atoms with Crippen LogP contribution in [0.5, 0.6) is 0 Å². The number of carbonyl (C=O) groups excluding carboxylic acids is 1. The first-order valence-corrected chi connectivity index (χ1v) is 9.45. The maximum absolute atomic E-state index is 13.1. The molecule has 0 saturated carbocycles. The van der Waals surface area contributed by atoms with Crippen molar-refractivity contribution in [2.75, 3.05) is 26.2 Å². The largest absolute Gasteiger partial charge is 0.338 e. The van der Waals surface area contributed by atoms with Gasteiger partial charge in [-0.15, -0.1) is 12.4 Å². The number of rotatable bonds is 4. The fourth-order valence-corrected chi connectivity index (χ4v) is 4.63. The predicted octanol–water partition coefficient (Wildman–Crippen LogP) is 3.46. The van der Waals surface area contributed by atoms with E-state index >= 15 is 0 Å². The number of benzene rings is 2. The van der Waals surface area contributed by atoms with Gasteiger partial charge < -0.3 is 10.2 Å². The van der Waals surface area contributed by atoms with Crippen molar-refractivity contribution >= 4 is 35.8 Å². The number of hydrogen-bond donors (Lipinski definition) is 1. The van der Waals surface area contributed by atoms with Gasteiger partial charge in [-0.1, -0.05) is 30.0 Å². The third kappa shape index (κ3) is 4.10. The Morgan fingerprint density at radius 1 is 1.11 bits per heavy atom. The molecule has 8 heteroatoms. The lowest BCUT2D eigenvalue weighted by Crippen LogP contribution is -2.32. The van der Waals surface area contributed by atoms with Crippen LogP contribution in [0.3, 0.4) is 0 Å². The third-order valence-corrected chi connectivity index (χ3v) is 6.14. The molecule has 2 aliphatic heterocycles. The number of carbonyl (C=O) groups is 1. The lowest BCUT2D eigenvalue weighted by molar-refractivity contribution is -0.384. The molecule has 0 aromatic heterocycles. The van der Waals surface area contributed by atoms with E-state index < -0.39 is 4.92 Å². The second-order valence-electron chi connectivity index (χ2n) is 6.74. The Bertz CT molecular complexity index is 837. The van der Waals surface area contributed by atoms with Crippen LogP contribution in [0, 0.1) is 22.0 Å². The van der Waals surface area contributed by atoms with Crippen LogP contribution in [0.15, 0.2) is 58.3 Å². The molecule has 0 radical (unpaired) electrons. The number of non-ortho nitro benzene ring substituents is 1. The van der Waals surface area contributed by atoms with Gasteiger partial charge in [0.1, 0.15) is 0 Å². The van der Waals surface area contributed by atoms with Crippen LogP contribution in [0.4, 0.5) is 5.69 Å². The van der Waals surface area contributed by atoms with Gasteiger partial charge in [-0.05, 0) is 30.0 Å². The summed E-state index contributed by atoms with van der Waals surface area (Å²) in [6, 6.07) is 14.3. The number of nitro benzene ring substituents is 1. The Morgan fingerprint density at radius 2 is 1.78 bits per heavy atom. The highest BCUT2D eigenvalue weighted by Gasteiger charge is 2.39. The molecule has 0 aliphatic carbocycles. The maximum Gasteiger partial charge on any atom is 0.270 e. The summed E-state index contributed by atoms with van der Waals surface area (Å²) in [5, 5.41) is 14.6. The van der Waals surface area contributed by atoms with Gasteiger partial charge >= 0.3 is 0 Å². The van der Waals surface area contributed by atoms with E-state index in [0.717, 1.165) is 22.9 Å². The summed E-state index contributed by atoms with van der Waals surface area (Å²) in [6.07, 6.45) is 0. The first kappa shape index (κ1) is 19.7. The molecule has 2 heterocycles. The van der Waals surface area contributed by atoms with Crippen molar-refractivity contribution < 1.29 is 9.72 Å². The Hall–Kier alpha value is -2.09. The minimum atomic E-state index is -0.448. The minimum absolute atomic E-state index is 0. The molecule has 4 rings (SSSR count). The minimum Gasteiger partial charge on any atom is -0.338 e. The summed E-state index contributed by atoms with van der Waals surface area (Å²) in [6.45, 7) is 3.31. The average molecular weight is 406 g/mol. The van der Waals surface area contributed by atoms with E-state index in [4.69, 9.17) is 0 Å². The standard InChI is InChI=1S/C19H19N3O3S.ClH/c23-19(21-11-13-9-20-10-14(13)12-21)17-8-15(22(24)25)6-7-18(17)26-16-4-2-1-3-5-16;/h1-8,13-14,20H,9-12H2;1H/t13-,14+;. The molecule has 2 atom stereocenters. The van der Waals surface area contributed by atoms with Gasteiger partial charge in [0.2, 0.25) is 0 Å². The van der Waals surface area contributed by atoms with Crippen molar-refractivity contribution in [2.45, 2.75) is 9.79 Å². The zero-order valence-electron chi connectivity index (χ0n) is 14.5. The Morgan fingerprint density at radius 3 is 2.41 bits per heavy atom. The molecule has 1 N–H and O–H groups in total. The fraction of sp³-hybridized carbons (Fsp3) is 0.316. The van der Waals surface area contributed by atoms with Gasteiger partial charge in [0, 0.05) is 48.1 Å². The topological polar surface area (TPSA) is 75.5 Å². The average Bonchev–Trinajstić information content (AvgIpc) is 3.24. The normalized spacial score (nSPS) is 20.8. The lowest BCUT2D eigenvalue weighted by Gasteiger charge is -2.19. The Kier molecular flexibility index (Phi) is 6.04. The summed E-state index contributed by atoms with van der Waals surface area (Å²) in [5.41, 5.74) is 0.368. The zero-order chi connectivity index (χ0) is 18.1. The number of halogens is 1. The highest BCUT2D eigenvalue weighted by atomic mass is 35.5. The molecule has 27 heavy (non-hydrogen) atoms. The smallest absolute Gasteiger partial charge is 0.270 e. The van der Waals surface area contributed by atoms with Crippen LogP contribution in [0.25, 0.3) is 0 Å². The summed E-state index contributed by atoms with van der Waals surface area (Å²) in [7, 11) is 0. The van der Waals surface area contributed by atoms with Crippen LogP contribution >= 0.6 is 24.2 Å². The predicted molar refractivity (Wildman–Crippen MR) is 107 cm³/mol. The van der Waals surface area contributed by atoms with Gasteiger partial charge in [0.25, 0.3) is 11.6 Å². The van der Waals surface area contributed by atoms with Crippen LogP contribution in [-0.2, 0) is 0 Å². The number of nitrogens with one attached hydrogen (secondary N) is 1. The van der Waals surface area contributed by atoms with Crippen molar-refractivity contribution in [3.8, 4) is 0 Å². The molecule has 1 amide bonds. The van der Waals surface area contributed by atoms with Crippen LogP contribution < -0.4 is 5.32 Å². The van der Waals surface area contributed by atoms with E-state index in [9.17, 15) is 14.9 Å². The highest BCUT2D eigenvalue weighted by Crippen LogP contribution is 2.35. The van der Waals surface area contributed by atoms with E-state index in [1.807, 2.05) is 35.2 Å². The molecule has 0 unspecified atom stereocenters. The summed E-state index contributed by atoms with van der Waals surface area (Å²) < 4.78 is 0. The molecule has 6 nitrogen and oxygen atoms in total. The van der Waals surface area contributed by atoms with Crippen LogP contribution in [-0.4, -0.2) is 41.9 Å². The van der Waals surface area contributed by atoms with Gasteiger partial charge in [-0.2, -0.15) is 0 Å².